The minimum absolute atomic E-state index is 0.171. The lowest BCUT2D eigenvalue weighted by Gasteiger charge is -2.35. The second-order valence-corrected chi connectivity index (χ2v) is 9.18. The van der Waals surface area contributed by atoms with E-state index in [1.165, 1.54) is 35.9 Å². The van der Waals surface area contributed by atoms with Gasteiger partial charge in [-0.2, -0.15) is 4.98 Å². The van der Waals surface area contributed by atoms with Crippen molar-refractivity contribution in [1.29, 1.82) is 0 Å². The van der Waals surface area contributed by atoms with E-state index < -0.39 is 5.69 Å². The van der Waals surface area contributed by atoms with Crippen molar-refractivity contribution in [3.05, 3.63) is 86.8 Å². The van der Waals surface area contributed by atoms with Crippen LogP contribution in [-0.2, 0) is 25.4 Å². The van der Waals surface area contributed by atoms with Crippen molar-refractivity contribution in [2.45, 2.75) is 6.54 Å². The van der Waals surface area contributed by atoms with E-state index in [9.17, 15) is 18.8 Å². The number of aryl methyl sites for hydroxylation is 1. The number of anilines is 2. The van der Waals surface area contributed by atoms with Gasteiger partial charge < -0.3 is 10.2 Å². The van der Waals surface area contributed by atoms with Crippen molar-refractivity contribution in [2.75, 3.05) is 42.9 Å². The molecule has 4 aromatic rings. The fourth-order valence-corrected chi connectivity index (χ4v) is 4.63. The molecule has 192 valence electrons. The zero-order chi connectivity index (χ0) is 26.1. The molecule has 0 aliphatic carbocycles. The van der Waals surface area contributed by atoms with Crippen LogP contribution in [0.25, 0.3) is 11.2 Å². The Morgan fingerprint density at radius 3 is 2.30 bits per heavy atom. The van der Waals surface area contributed by atoms with Gasteiger partial charge in [0.05, 0.1) is 13.1 Å². The molecule has 0 saturated carbocycles. The number of halogens is 1. The van der Waals surface area contributed by atoms with Crippen molar-refractivity contribution in [2.24, 2.45) is 14.1 Å². The predicted molar refractivity (Wildman–Crippen MR) is 139 cm³/mol. The van der Waals surface area contributed by atoms with Gasteiger partial charge in [0.25, 0.3) is 5.56 Å². The summed E-state index contributed by atoms with van der Waals surface area (Å²) in [5.74, 6) is 0.0905. The van der Waals surface area contributed by atoms with Gasteiger partial charge in [-0.15, -0.1) is 0 Å². The zero-order valence-electron chi connectivity index (χ0n) is 20.7. The molecule has 0 bridgehead atoms. The molecule has 0 unspecified atom stereocenters. The number of carbonyl (C=O) groups excluding carboxylic acids is 1. The molecule has 1 aliphatic heterocycles. The Morgan fingerprint density at radius 2 is 1.62 bits per heavy atom. The maximum Gasteiger partial charge on any atom is 0.332 e. The number of hydrogen-bond donors (Lipinski definition) is 1. The summed E-state index contributed by atoms with van der Waals surface area (Å²) in [6, 6.07) is 15.5. The summed E-state index contributed by atoms with van der Waals surface area (Å²) >= 11 is 0. The van der Waals surface area contributed by atoms with E-state index in [0.717, 1.165) is 10.1 Å². The summed E-state index contributed by atoms with van der Waals surface area (Å²) in [6.07, 6.45) is 0. The van der Waals surface area contributed by atoms with E-state index in [2.05, 4.69) is 10.2 Å². The lowest BCUT2D eigenvalue weighted by molar-refractivity contribution is -0.117. The van der Waals surface area contributed by atoms with Crippen LogP contribution in [0.3, 0.4) is 0 Å². The highest BCUT2D eigenvalue weighted by Crippen LogP contribution is 2.22. The van der Waals surface area contributed by atoms with Crippen LogP contribution >= 0.6 is 0 Å². The van der Waals surface area contributed by atoms with E-state index in [1.807, 2.05) is 39.8 Å². The molecular formula is C26H28FN7O3. The van der Waals surface area contributed by atoms with Crippen LogP contribution in [0.5, 0.6) is 0 Å². The average Bonchev–Trinajstić information content (AvgIpc) is 3.28. The van der Waals surface area contributed by atoms with Crippen LogP contribution < -0.4 is 21.5 Å². The van der Waals surface area contributed by atoms with E-state index >= 15 is 0 Å². The van der Waals surface area contributed by atoms with Gasteiger partial charge in [0.1, 0.15) is 5.82 Å². The number of carbonyl (C=O) groups is 1. The number of amides is 1. The fourth-order valence-electron chi connectivity index (χ4n) is 4.63. The van der Waals surface area contributed by atoms with Crippen molar-refractivity contribution < 1.29 is 9.18 Å². The monoisotopic (exact) mass is 505 g/mol. The number of nitrogens with one attached hydrogen (secondary N) is 1. The van der Waals surface area contributed by atoms with Crippen molar-refractivity contribution >= 4 is 28.7 Å². The largest absolute Gasteiger partial charge is 0.340 e. The highest BCUT2D eigenvalue weighted by molar-refractivity contribution is 5.92. The molecule has 1 N–H and O–H groups in total. The number of aromatic nitrogens is 4. The Balaban J connectivity index is 1.37. The first kappa shape index (κ1) is 24.4. The molecule has 1 saturated heterocycles. The summed E-state index contributed by atoms with van der Waals surface area (Å²) in [4.78, 5) is 47.1. The standard InChI is InChI=1S/C26H28FN7O3/c1-30-23-22(24(36)31(2)26(30)37)34(16-18-6-4-3-5-7-18)25(29-23)33-14-12-32(13-15-33)17-21(35)28-20-10-8-19(27)9-11-20/h3-11H,12-17H2,1-2H3,(H,28,35). The number of nitrogens with zero attached hydrogens (tertiary/aromatic N) is 6. The highest BCUT2D eigenvalue weighted by atomic mass is 19.1. The van der Waals surface area contributed by atoms with Crippen LogP contribution in [-0.4, -0.2) is 62.2 Å². The summed E-state index contributed by atoms with van der Waals surface area (Å²) in [5, 5.41) is 2.79. The average molecular weight is 506 g/mol. The first-order chi connectivity index (χ1) is 17.8. The Kier molecular flexibility index (Phi) is 6.62. The highest BCUT2D eigenvalue weighted by Gasteiger charge is 2.26. The molecule has 1 aliphatic rings. The predicted octanol–water partition coefficient (Wildman–Crippen LogP) is 1.38. The smallest absolute Gasteiger partial charge is 0.332 e. The van der Waals surface area contributed by atoms with Gasteiger partial charge in [-0.1, -0.05) is 30.3 Å². The number of piperazine rings is 1. The molecule has 0 spiro atoms. The van der Waals surface area contributed by atoms with Crippen LogP contribution in [0.2, 0.25) is 0 Å². The lowest BCUT2D eigenvalue weighted by atomic mass is 10.2. The maximum atomic E-state index is 13.1. The molecule has 11 heteroatoms. The van der Waals surface area contributed by atoms with Gasteiger partial charge in [-0.25, -0.2) is 9.18 Å². The Bertz CT molecular complexity index is 1550. The summed E-state index contributed by atoms with van der Waals surface area (Å²) in [5.41, 5.74) is 1.47. The third kappa shape index (κ3) is 4.90. The van der Waals surface area contributed by atoms with E-state index in [-0.39, 0.29) is 23.8 Å². The van der Waals surface area contributed by atoms with Gasteiger partial charge >= 0.3 is 5.69 Å². The molecule has 5 rings (SSSR count). The van der Waals surface area contributed by atoms with Crippen molar-refractivity contribution in [3.8, 4) is 0 Å². The number of imidazole rings is 1. The molecule has 10 nitrogen and oxygen atoms in total. The van der Waals surface area contributed by atoms with Crippen LogP contribution in [0.1, 0.15) is 5.56 Å². The first-order valence-electron chi connectivity index (χ1n) is 12.0. The van der Waals surface area contributed by atoms with E-state index in [1.54, 1.807) is 7.05 Å². The minimum Gasteiger partial charge on any atom is -0.340 e. The molecule has 1 amide bonds. The second kappa shape index (κ2) is 10.0. The summed E-state index contributed by atoms with van der Waals surface area (Å²) in [7, 11) is 3.09. The molecule has 2 aromatic heterocycles. The topological polar surface area (TPSA) is 97.4 Å². The molecule has 37 heavy (non-hydrogen) atoms. The van der Waals surface area contributed by atoms with Crippen LogP contribution in [0, 0.1) is 5.82 Å². The van der Waals surface area contributed by atoms with Gasteiger partial charge in [0.15, 0.2) is 11.2 Å². The first-order valence-corrected chi connectivity index (χ1v) is 12.0. The Morgan fingerprint density at radius 1 is 0.946 bits per heavy atom. The number of hydrogen-bond acceptors (Lipinski definition) is 6. The van der Waals surface area contributed by atoms with Gasteiger partial charge in [-0.05, 0) is 29.8 Å². The minimum atomic E-state index is -0.426. The SMILES string of the molecule is Cn1c(=O)c2c(nc(N3CCN(CC(=O)Nc4ccc(F)cc4)CC3)n2Cc2ccccc2)n(C)c1=O. The fraction of sp³-hybridized carbons (Fsp3) is 0.308. The van der Waals surface area contributed by atoms with Gasteiger partial charge in [-0.3, -0.25) is 28.2 Å². The third-order valence-corrected chi connectivity index (χ3v) is 6.66. The Hall–Kier alpha value is -4.25. The molecule has 3 heterocycles. The molecule has 0 radical (unpaired) electrons. The lowest BCUT2D eigenvalue weighted by Crippen LogP contribution is -2.49. The van der Waals surface area contributed by atoms with Gasteiger partial charge in [0, 0.05) is 46.0 Å². The zero-order valence-corrected chi connectivity index (χ0v) is 20.7. The van der Waals surface area contributed by atoms with Crippen LogP contribution in [0.4, 0.5) is 16.0 Å². The molecule has 2 aromatic carbocycles. The number of benzene rings is 2. The molecule has 0 atom stereocenters. The number of fused-ring (bicyclic) bond motifs is 1. The van der Waals surface area contributed by atoms with E-state index in [4.69, 9.17) is 4.98 Å². The molecular weight excluding hydrogens is 477 g/mol. The Labute approximate surface area is 212 Å². The quantitative estimate of drug-likeness (QED) is 0.425. The third-order valence-electron chi connectivity index (χ3n) is 6.66. The van der Waals surface area contributed by atoms with Gasteiger partial charge in [0.2, 0.25) is 11.9 Å². The summed E-state index contributed by atoms with van der Waals surface area (Å²) < 4.78 is 17.5. The van der Waals surface area contributed by atoms with Crippen molar-refractivity contribution in [1.82, 2.24) is 23.6 Å². The molecule has 1 fully saturated rings. The number of rotatable bonds is 6. The second-order valence-electron chi connectivity index (χ2n) is 9.18. The van der Waals surface area contributed by atoms with Crippen LogP contribution in [0.15, 0.2) is 64.2 Å². The maximum absolute atomic E-state index is 13.1. The van der Waals surface area contributed by atoms with Crippen molar-refractivity contribution in [3.63, 3.8) is 0 Å². The summed E-state index contributed by atoms with van der Waals surface area (Å²) in [6.45, 7) is 3.05. The normalized spacial score (nSPS) is 14.3. The van der Waals surface area contributed by atoms with E-state index in [0.29, 0.717) is 55.5 Å².